The molecule has 1 aromatic carbocycles. The van der Waals surface area contributed by atoms with Crippen molar-refractivity contribution in [1.29, 1.82) is 0 Å². The number of carbonyl (C=O) groups excluding carboxylic acids is 3. The van der Waals surface area contributed by atoms with Gasteiger partial charge in [0.25, 0.3) is 5.91 Å². The number of nitrogens with one attached hydrogen (secondary N) is 3. The van der Waals surface area contributed by atoms with Crippen LogP contribution in [0, 0.1) is 18.8 Å². The van der Waals surface area contributed by atoms with Crippen molar-refractivity contribution in [1.82, 2.24) is 16.0 Å². The topological polar surface area (TPSA) is 96.5 Å². The molecule has 0 spiro atoms. The fourth-order valence-electron chi connectivity index (χ4n) is 2.65. The number of rotatable bonds is 9. The lowest BCUT2D eigenvalue weighted by Gasteiger charge is -2.27. The molecule has 29 heavy (non-hydrogen) atoms. The summed E-state index contributed by atoms with van der Waals surface area (Å²) in [6.45, 7) is 13.4. The van der Waals surface area contributed by atoms with E-state index in [-0.39, 0.29) is 42.3 Å². The van der Waals surface area contributed by atoms with E-state index in [2.05, 4.69) is 16.0 Å². The fraction of sp³-hybridized carbons (Fsp3) is 0.591. The lowest BCUT2D eigenvalue weighted by atomic mass is 10.00. The third-order valence-corrected chi connectivity index (χ3v) is 4.49. The number of hydrogen-bond donors (Lipinski definition) is 3. The molecule has 0 aliphatic heterocycles. The quantitative estimate of drug-likeness (QED) is 0.588. The summed E-state index contributed by atoms with van der Waals surface area (Å²) in [4.78, 5) is 37.1. The third kappa shape index (κ3) is 8.54. The molecule has 0 heterocycles. The van der Waals surface area contributed by atoms with Gasteiger partial charge in [0, 0.05) is 18.2 Å². The number of aryl methyl sites for hydroxylation is 1. The van der Waals surface area contributed by atoms with Crippen molar-refractivity contribution in [3.05, 3.63) is 35.4 Å². The number of amides is 3. The largest absolute Gasteiger partial charge is 0.447 e. The molecule has 2 atom stereocenters. The van der Waals surface area contributed by atoms with Crippen molar-refractivity contribution in [2.45, 2.75) is 66.7 Å². The van der Waals surface area contributed by atoms with Gasteiger partial charge < -0.3 is 20.7 Å². The van der Waals surface area contributed by atoms with E-state index in [4.69, 9.17) is 4.74 Å². The molecule has 0 aliphatic rings. The average Bonchev–Trinajstić information content (AvgIpc) is 2.62. The van der Waals surface area contributed by atoms with Gasteiger partial charge in [-0.05, 0) is 44.7 Å². The fourth-order valence-corrected chi connectivity index (χ4v) is 2.65. The summed E-state index contributed by atoms with van der Waals surface area (Å²) in [7, 11) is 0. The molecule has 0 aliphatic carbocycles. The van der Waals surface area contributed by atoms with E-state index in [9.17, 15) is 14.4 Å². The highest BCUT2D eigenvalue weighted by atomic mass is 16.6. The molecule has 0 radical (unpaired) electrons. The second kappa shape index (κ2) is 11.4. The summed E-state index contributed by atoms with van der Waals surface area (Å²) in [5.41, 5.74) is 1.65. The summed E-state index contributed by atoms with van der Waals surface area (Å²) in [6, 6.07) is 6.30. The number of carbonyl (C=O) groups is 3. The van der Waals surface area contributed by atoms with E-state index in [1.807, 2.05) is 46.8 Å². The van der Waals surface area contributed by atoms with Crippen molar-refractivity contribution in [2.75, 3.05) is 6.54 Å². The second-order valence-electron chi connectivity index (χ2n) is 8.26. The minimum atomic E-state index is -0.727. The van der Waals surface area contributed by atoms with Crippen LogP contribution in [0.25, 0.3) is 0 Å². The lowest BCUT2D eigenvalue weighted by Crippen LogP contribution is -2.55. The Kier molecular flexibility index (Phi) is 9.65. The molecule has 2 unspecified atom stereocenters. The molecule has 0 saturated heterocycles. The first kappa shape index (κ1) is 24.5. The Morgan fingerprint density at radius 2 is 1.48 bits per heavy atom. The highest BCUT2D eigenvalue weighted by Gasteiger charge is 2.28. The first-order valence-corrected chi connectivity index (χ1v) is 10.1. The molecular formula is C22H35N3O4. The van der Waals surface area contributed by atoms with Crippen molar-refractivity contribution in [3.8, 4) is 0 Å². The third-order valence-electron chi connectivity index (χ3n) is 4.49. The van der Waals surface area contributed by atoms with Crippen molar-refractivity contribution in [3.63, 3.8) is 0 Å². The van der Waals surface area contributed by atoms with Crippen molar-refractivity contribution in [2.24, 2.45) is 11.8 Å². The van der Waals surface area contributed by atoms with Gasteiger partial charge in [-0.15, -0.1) is 0 Å². The first-order chi connectivity index (χ1) is 13.5. The number of hydrogen-bond acceptors (Lipinski definition) is 4. The highest BCUT2D eigenvalue weighted by molar-refractivity contribution is 5.94. The van der Waals surface area contributed by atoms with Crippen molar-refractivity contribution < 1.29 is 19.1 Å². The average molecular weight is 406 g/mol. The Labute approximate surface area is 174 Å². The van der Waals surface area contributed by atoms with Crippen LogP contribution in [0.5, 0.6) is 0 Å². The lowest BCUT2D eigenvalue weighted by molar-refractivity contribution is -0.125. The van der Waals surface area contributed by atoms with Gasteiger partial charge in [0.05, 0.1) is 6.10 Å². The first-order valence-electron chi connectivity index (χ1n) is 10.1. The van der Waals surface area contributed by atoms with Crippen LogP contribution in [0.3, 0.4) is 0 Å². The van der Waals surface area contributed by atoms with E-state index < -0.39 is 12.1 Å². The van der Waals surface area contributed by atoms with Crippen LogP contribution in [0.2, 0.25) is 0 Å². The van der Waals surface area contributed by atoms with Crippen LogP contribution >= 0.6 is 0 Å². The summed E-state index contributed by atoms with van der Waals surface area (Å²) < 4.78 is 5.08. The number of benzene rings is 1. The van der Waals surface area contributed by atoms with Crippen LogP contribution < -0.4 is 16.0 Å². The Bertz CT molecular complexity index is 684. The Morgan fingerprint density at radius 1 is 0.897 bits per heavy atom. The minimum absolute atomic E-state index is 0.0905. The van der Waals surface area contributed by atoms with Gasteiger partial charge >= 0.3 is 6.09 Å². The zero-order chi connectivity index (χ0) is 22.1. The standard InChI is InChI=1S/C22H35N3O4/c1-13(2)18(12-23-20(26)17-10-8-16(7)9-11-17)24-21(27)19(14(3)4)25-22(28)29-15(5)6/h8-11,13-15,18-19H,12H2,1-7H3,(H,23,26)(H,24,27)(H,25,28). The monoisotopic (exact) mass is 405 g/mol. The Balaban J connectivity index is 2.72. The van der Waals surface area contributed by atoms with Gasteiger partial charge in [-0.25, -0.2) is 4.79 Å². The molecular weight excluding hydrogens is 370 g/mol. The predicted octanol–water partition coefficient (Wildman–Crippen LogP) is 3.02. The van der Waals surface area contributed by atoms with Crippen LogP contribution in [0.1, 0.15) is 57.5 Å². The van der Waals surface area contributed by atoms with E-state index in [1.165, 1.54) is 0 Å². The molecule has 3 N–H and O–H groups in total. The summed E-state index contributed by atoms with van der Waals surface area (Å²) >= 11 is 0. The van der Waals surface area contributed by atoms with Crippen LogP contribution in [0.15, 0.2) is 24.3 Å². The maximum Gasteiger partial charge on any atom is 0.408 e. The molecule has 0 aromatic heterocycles. The van der Waals surface area contributed by atoms with Gasteiger partial charge in [0.15, 0.2) is 0 Å². The smallest absolute Gasteiger partial charge is 0.408 e. The SMILES string of the molecule is Cc1ccc(C(=O)NCC(NC(=O)C(NC(=O)OC(C)C)C(C)C)C(C)C)cc1. The number of ether oxygens (including phenoxy) is 1. The maximum absolute atomic E-state index is 12.8. The molecule has 0 saturated carbocycles. The highest BCUT2D eigenvalue weighted by Crippen LogP contribution is 2.08. The molecule has 7 heteroatoms. The molecule has 162 valence electrons. The zero-order valence-corrected chi connectivity index (χ0v) is 18.5. The summed E-state index contributed by atoms with van der Waals surface area (Å²) in [5, 5.41) is 8.45. The minimum Gasteiger partial charge on any atom is -0.447 e. The normalized spacial score (nSPS) is 13.2. The maximum atomic E-state index is 12.8. The molecule has 1 aromatic rings. The van der Waals surface area contributed by atoms with Gasteiger partial charge in [0.1, 0.15) is 6.04 Å². The molecule has 7 nitrogen and oxygen atoms in total. The summed E-state index contributed by atoms with van der Waals surface area (Å²) in [6.07, 6.45) is -0.895. The second-order valence-corrected chi connectivity index (χ2v) is 8.26. The summed E-state index contributed by atoms with van der Waals surface area (Å²) in [5.74, 6) is -0.523. The van der Waals surface area contributed by atoms with Gasteiger partial charge in [0.2, 0.25) is 5.91 Å². The Hall–Kier alpha value is -2.57. The van der Waals surface area contributed by atoms with Gasteiger partial charge in [-0.2, -0.15) is 0 Å². The molecule has 0 fully saturated rings. The van der Waals surface area contributed by atoms with E-state index in [1.54, 1.807) is 26.0 Å². The molecule has 0 bridgehead atoms. The van der Waals surface area contributed by atoms with Crippen LogP contribution in [-0.2, 0) is 9.53 Å². The van der Waals surface area contributed by atoms with Gasteiger partial charge in [-0.3, -0.25) is 9.59 Å². The molecule has 1 rings (SSSR count). The van der Waals surface area contributed by atoms with Crippen molar-refractivity contribution >= 4 is 17.9 Å². The van der Waals surface area contributed by atoms with E-state index in [0.717, 1.165) is 5.56 Å². The number of alkyl carbamates (subject to hydrolysis) is 1. The van der Waals surface area contributed by atoms with Gasteiger partial charge in [-0.1, -0.05) is 45.4 Å². The van der Waals surface area contributed by atoms with Crippen LogP contribution in [-0.4, -0.2) is 42.6 Å². The molecule has 3 amide bonds. The van der Waals surface area contributed by atoms with Crippen LogP contribution in [0.4, 0.5) is 4.79 Å². The Morgan fingerprint density at radius 3 is 1.97 bits per heavy atom. The van der Waals surface area contributed by atoms with E-state index in [0.29, 0.717) is 5.56 Å². The zero-order valence-electron chi connectivity index (χ0n) is 18.5. The van der Waals surface area contributed by atoms with E-state index >= 15 is 0 Å². The predicted molar refractivity (Wildman–Crippen MR) is 114 cm³/mol.